The molecule has 4 heteroatoms. The van der Waals surface area contributed by atoms with Crippen molar-refractivity contribution >= 4 is 16.9 Å². The van der Waals surface area contributed by atoms with Gasteiger partial charge in [-0.05, 0) is 24.1 Å². The summed E-state index contributed by atoms with van der Waals surface area (Å²) < 4.78 is 5.17. The summed E-state index contributed by atoms with van der Waals surface area (Å²) in [7, 11) is 1.41. The van der Waals surface area contributed by atoms with E-state index in [2.05, 4.69) is 24.4 Å². The zero-order valence-electron chi connectivity index (χ0n) is 17.1. The van der Waals surface area contributed by atoms with Crippen LogP contribution >= 0.6 is 0 Å². The Morgan fingerprint density at radius 1 is 0.933 bits per heavy atom. The fraction of sp³-hybridized carbons (Fsp3) is 0.154. The van der Waals surface area contributed by atoms with Crippen molar-refractivity contribution in [2.45, 2.75) is 19.5 Å². The van der Waals surface area contributed by atoms with Crippen LogP contribution in [0.25, 0.3) is 22.0 Å². The predicted octanol–water partition coefficient (Wildman–Crippen LogP) is 5.54. The minimum atomic E-state index is -0.378. The van der Waals surface area contributed by atoms with Gasteiger partial charge >= 0.3 is 5.97 Å². The fourth-order valence-corrected chi connectivity index (χ4v) is 3.73. The molecule has 0 spiro atoms. The molecular weight excluding hydrogens is 372 g/mol. The largest absolute Gasteiger partial charge is 0.465 e. The van der Waals surface area contributed by atoms with Gasteiger partial charge in [0.1, 0.15) is 0 Å². The molecule has 3 aromatic carbocycles. The highest BCUT2D eigenvalue weighted by atomic mass is 16.5. The van der Waals surface area contributed by atoms with Crippen LogP contribution in [-0.2, 0) is 11.3 Å². The first-order valence-corrected chi connectivity index (χ1v) is 10.0. The Hall–Kier alpha value is -3.50. The fourth-order valence-electron chi connectivity index (χ4n) is 3.73. The minimum Gasteiger partial charge on any atom is -0.465 e. The van der Waals surface area contributed by atoms with Crippen molar-refractivity contribution in [3.05, 3.63) is 102 Å². The van der Waals surface area contributed by atoms with Gasteiger partial charge in [0, 0.05) is 23.5 Å². The summed E-state index contributed by atoms with van der Waals surface area (Å²) in [6.45, 7) is 2.55. The van der Waals surface area contributed by atoms with Crippen molar-refractivity contribution in [3.63, 3.8) is 0 Å². The first-order chi connectivity index (χ1) is 14.7. The molecule has 150 valence electrons. The predicted molar refractivity (Wildman–Crippen MR) is 120 cm³/mol. The van der Waals surface area contributed by atoms with Crippen LogP contribution in [0.5, 0.6) is 0 Å². The second-order valence-electron chi connectivity index (χ2n) is 7.20. The molecule has 0 bridgehead atoms. The molecule has 4 rings (SSSR count). The molecule has 1 N–H and O–H groups in total. The highest BCUT2D eigenvalue weighted by Crippen LogP contribution is 2.33. The van der Waals surface area contributed by atoms with Crippen LogP contribution < -0.4 is 5.32 Å². The molecule has 1 heterocycles. The number of pyridine rings is 1. The van der Waals surface area contributed by atoms with Crippen LogP contribution in [0.3, 0.4) is 0 Å². The number of nitrogens with one attached hydrogen (secondary N) is 1. The molecule has 30 heavy (non-hydrogen) atoms. The molecule has 1 atom stereocenters. The quantitative estimate of drug-likeness (QED) is 0.435. The molecule has 0 saturated heterocycles. The van der Waals surface area contributed by atoms with Crippen LogP contribution in [0.1, 0.15) is 34.6 Å². The number of hydrogen-bond donors (Lipinski definition) is 1. The Bertz CT molecular complexity index is 1160. The maximum absolute atomic E-state index is 12.9. The molecular formula is C26H24N2O2. The second kappa shape index (κ2) is 8.89. The Kier molecular flexibility index (Phi) is 5.87. The summed E-state index contributed by atoms with van der Waals surface area (Å²) >= 11 is 0. The minimum absolute atomic E-state index is 0.116. The molecule has 4 nitrogen and oxygen atoms in total. The number of hydrogen-bond acceptors (Lipinski definition) is 4. The van der Waals surface area contributed by atoms with E-state index in [1.807, 2.05) is 72.8 Å². The second-order valence-corrected chi connectivity index (χ2v) is 7.20. The zero-order valence-corrected chi connectivity index (χ0v) is 17.1. The third kappa shape index (κ3) is 3.95. The number of esters is 1. The normalized spacial score (nSPS) is 11.9. The lowest BCUT2D eigenvalue weighted by Gasteiger charge is -2.19. The van der Waals surface area contributed by atoms with Crippen molar-refractivity contribution in [2.24, 2.45) is 0 Å². The SMILES string of the molecule is COC(=O)c1c(CN[C@H](C)c2ccccc2)nc2ccccc2c1-c1ccccc1. The van der Waals surface area contributed by atoms with Crippen LogP contribution in [-0.4, -0.2) is 18.1 Å². The third-order valence-corrected chi connectivity index (χ3v) is 5.29. The Morgan fingerprint density at radius 3 is 2.27 bits per heavy atom. The summed E-state index contributed by atoms with van der Waals surface area (Å²) in [5.41, 5.74) is 5.05. The van der Waals surface area contributed by atoms with Crippen molar-refractivity contribution in [1.82, 2.24) is 10.3 Å². The lowest BCUT2D eigenvalue weighted by atomic mass is 9.94. The van der Waals surface area contributed by atoms with Gasteiger partial charge in [0.2, 0.25) is 0 Å². The van der Waals surface area contributed by atoms with E-state index in [4.69, 9.17) is 9.72 Å². The van der Waals surface area contributed by atoms with Gasteiger partial charge in [-0.15, -0.1) is 0 Å². The molecule has 0 fully saturated rings. The highest BCUT2D eigenvalue weighted by Gasteiger charge is 2.23. The molecule has 0 saturated carbocycles. The molecule has 0 unspecified atom stereocenters. The highest BCUT2D eigenvalue weighted by molar-refractivity contribution is 6.07. The number of carbonyl (C=O) groups is 1. The molecule has 0 aliphatic rings. The summed E-state index contributed by atoms with van der Waals surface area (Å²) in [6, 6.07) is 28.2. The van der Waals surface area contributed by atoms with Crippen molar-refractivity contribution < 1.29 is 9.53 Å². The summed E-state index contributed by atoms with van der Waals surface area (Å²) in [5, 5.41) is 4.44. The van der Waals surface area contributed by atoms with Gasteiger partial charge < -0.3 is 10.1 Å². The maximum atomic E-state index is 12.9. The summed E-state index contributed by atoms with van der Waals surface area (Å²) in [5.74, 6) is -0.378. The van der Waals surface area contributed by atoms with E-state index in [1.165, 1.54) is 12.7 Å². The first-order valence-electron chi connectivity index (χ1n) is 10.0. The molecule has 0 aliphatic heterocycles. The summed E-state index contributed by atoms with van der Waals surface area (Å²) in [4.78, 5) is 17.7. The van der Waals surface area contributed by atoms with Crippen LogP contribution in [0.15, 0.2) is 84.9 Å². The average Bonchev–Trinajstić information content (AvgIpc) is 2.82. The van der Waals surface area contributed by atoms with Gasteiger partial charge in [-0.1, -0.05) is 78.9 Å². The van der Waals surface area contributed by atoms with Gasteiger partial charge in [-0.2, -0.15) is 0 Å². The van der Waals surface area contributed by atoms with E-state index in [-0.39, 0.29) is 12.0 Å². The number of rotatable bonds is 6. The monoisotopic (exact) mass is 396 g/mol. The van der Waals surface area contributed by atoms with Crippen molar-refractivity contribution in [1.29, 1.82) is 0 Å². The van der Waals surface area contributed by atoms with Gasteiger partial charge in [-0.25, -0.2) is 4.79 Å². The van der Waals surface area contributed by atoms with E-state index in [9.17, 15) is 4.79 Å². The summed E-state index contributed by atoms with van der Waals surface area (Å²) in [6.07, 6.45) is 0. The van der Waals surface area contributed by atoms with Gasteiger partial charge in [0.25, 0.3) is 0 Å². The van der Waals surface area contributed by atoms with E-state index in [0.717, 1.165) is 22.0 Å². The molecule has 1 aromatic heterocycles. The van der Waals surface area contributed by atoms with E-state index >= 15 is 0 Å². The van der Waals surface area contributed by atoms with Crippen molar-refractivity contribution in [3.8, 4) is 11.1 Å². The number of ether oxygens (including phenoxy) is 1. The zero-order chi connectivity index (χ0) is 20.9. The average molecular weight is 396 g/mol. The maximum Gasteiger partial charge on any atom is 0.340 e. The molecule has 0 amide bonds. The molecule has 0 aliphatic carbocycles. The number of aromatic nitrogens is 1. The molecule has 0 radical (unpaired) electrons. The number of para-hydroxylation sites is 1. The first kappa shape index (κ1) is 19.8. The van der Waals surface area contributed by atoms with Gasteiger partial charge in [0.15, 0.2) is 0 Å². The van der Waals surface area contributed by atoms with E-state index < -0.39 is 0 Å². The lowest BCUT2D eigenvalue weighted by molar-refractivity contribution is 0.0599. The van der Waals surface area contributed by atoms with Gasteiger partial charge in [0.05, 0.1) is 23.9 Å². The topological polar surface area (TPSA) is 51.2 Å². The molecule has 4 aromatic rings. The van der Waals surface area contributed by atoms with Crippen LogP contribution in [0, 0.1) is 0 Å². The van der Waals surface area contributed by atoms with Crippen LogP contribution in [0.4, 0.5) is 0 Å². The Labute approximate surface area is 176 Å². The van der Waals surface area contributed by atoms with Crippen LogP contribution in [0.2, 0.25) is 0 Å². The smallest absolute Gasteiger partial charge is 0.340 e. The van der Waals surface area contributed by atoms with E-state index in [1.54, 1.807) is 0 Å². The number of fused-ring (bicyclic) bond motifs is 1. The standard InChI is InChI=1S/C26H24N2O2/c1-18(19-11-5-3-6-12-19)27-17-23-25(26(29)30-2)24(20-13-7-4-8-14-20)21-15-9-10-16-22(21)28-23/h3-16,18,27H,17H2,1-2H3/t18-/m1/s1. The Morgan fingerprint density at radius 2 is 1.57 bits per heavy atom. The van der Waals surface area contributed by atoms with E-state index in [0.29, 0.717) is 17.8 Å². The lowest BCUT2D eigenvalue weighted by Crippen LogP contribution is -2.21. The van der Waals surface area contributed by atoms with Crippen molar-refractivity contribution in [2.75, 3.05) is 7.11 Å². The van der Waals surface area contributed by atoms with Gasteiger partial charge in [-0.3, -0.25) is 4.98 Å². The third-order valence-electron chi connectivity index (χ3n) is 5.29. The number of nitrogens with zero attached hydrogens (tertiary/aromatic N) is 1. The number of benzene rings is 3. The number of methoxy groups -OCH3 is 1. The Balaban J connectivity index is 1.83. The number of carbonyl (C=O) groups excluding carboxylic acids is 1.